The smallest absolute Gasteiger partial charge is 0.409 e. The fourth-order valence-corrected chi connectivity index (χ4v) is 3.37. The summed E-state index contributed by atoms with van der Waals surface area (Å²) < 4.78 is 16.2. The Morgan fingerprint density at radius 1 is 1.21 bits per heavy atom. The van der Waals surface area contributed by atoms with Crippen molar-refractivity contribution in [1.29, 1.82) is 0 Å². The predicted molar refractivity (Wildman–Crippen MR) is 108 cm³/mol. The Morgan fingerprint density at radius 3 is 2.79 bits per heavy atom. The van der Waals surface area contributed by atoms with Gasteiger partial charge in [0.1, 0.15) is 19.0 Å². The average Bonchev–Trinajstić information content (AvgIpc) is 2.75. The molecule has 0 saturated carbocycles. The molecule has 0 radical (unpaired) electrons. The Balaban J connectivity index is 1.34. The maximum absolute atomic E-state index is 11.8. The summed E-state index contributed by atoms with van der Waals surface area (Å²) >= 11 is 0. The highest BCUT2D eigenvalue weighted by molar-refractivity contribution is 5.67. The zero-order valence-electron chi connectivity index (χ0n) is 16.4. The summed E-state index contributed by atoms with van der Waals surface area (Å²) in [4.78, 5) is 22.4. The van der Waals surface area contributed by atoms with Crippen LogP contribution in [0.4, 0.5) is 22.2 Å². The second kappa shape index (κ2) is 8.85. The maximum atomic E-state index is 11.8. The van der Waals surface area contributed by atoms with Gasteiger partial charge in [-0.15, -0.1) is 0 Å². The zero-order valence-corrected chi connectivity index (χ0v) is 16.4. The number of rotatable bonds is 5. The molecule has 2 N–H and O–H groups in total. The molecular weight excluding hydrogens is 374 g/mol. The van der Waals surface area contributed by atoms with E-state index in [1.807, 2.05) is 31.2 Å². The van der Waals surface area contributed by atoms with Gasteiger partial charge >= 0.3 is 6.09 Å². The van der Waals surface area contributed by atoms with Gasteiger partial charge in [-0.3, -0.25) is 0 Å². The van der Waals surface area contributed by atoms with Gasteiger partial charge in [0.25, 0.3) is 0 Å². The van der Waals surface area contributed by atoms with Crippen molar-refractivity contribution in [3.8, 4) is 11.5 Å². The fraction of sp³-hybridized carbons (Fsp3) is 0.450. The number of nitrogens with one attached hydrogen (secondary N) is 2. The molecule has 1 aromatic heterocycles. The summed E-state index contributed by atoms with van der Waals surface area (Å²) in [6.45, 7) is 4.65. The molecule has 4 rings (SSSR count). The minimum Gasteiger partial charge on any atom is -0.486 e. The number of hydrogen-bond acceptors (Lipinski definition) is 8. The molecule has 0 atom stereocenters. The summed E-state index contributed by atoms with van der Waals surface area (Å²) in [7, 11) is 0. The van der Waals surface area contributed by atoms with Gasteiger partial charge in [-0.05, 0) is 38.0 Å². The van der Waals surface area contributed by atoms with Crippen molar-refractivity contribution in [2.45, 2.75) is 25.8 Å². The lowest BCUT2D eigenvalue weighted by Gasteiger charge is -2.31. The highest BCUT2D eigenvalue weighted by Crippen LogP contribution is 2.33. The van der Waals surface area contributed by atoms with Crippen molar-refractivity contribution >= 4 is 23.5 Å². The van der Waals surface area contributed by atoms with Crippen molar-refractivity contribution in [3.63, 3.8) is 0 Å². The highest BCUT2D eigenvalue weighted by Gasteiger charge is 2.24. The van der Waals surface area contributed by atoms with Crippen molar-refractivity contribution < 1.29 is 19.0 Å². The zero-order chi connectivity index (χ0) is 20.1. The highest BCUT2D eigenvalue weighted by atomic mass is 16.6. The van der Waals surface area contributed by atoms with Crippen LogP contribution in [-0.4, -0.2) is 59.9 Å². The molecule has 0 unspecified atom stereocenters. The van der Waals surface area contributed by atoms with E-state index in [-0.39, 0.29) is 12.1 Å². The van der Waals surface area contributed by atoms with E-state index >= 15 is 0 Å². The third kappa shape index (κ3) is 4.79. The molecule has 1 fully saturated rings. The van der Waals surface area contributed by atoms with Crippen LogP contribution in [0.2, 0.25) is 0 Å². The number of ether oxygens (including phenoxy) is 3. The van der Waals surface area contributed by atoms with E-state index in [9.17, 15) is 4.79 Å². The number of fused-ring (bicyclic) bond motifs is 1. The third-order valence-corrected chi connectivity index (χ3v) is 4.82. The minimum absolute atomic E-state index is 0.213. The minimum atomic E-state index is -0.243. The third-order valence-electron chi connectivity index (χ3n) is 4.82. The van der Waals surface area contributed by atoms with Crippen molar-refractivity contribution in [2.75, 3.05) is 43.5 Å². The van der Waals surface area contributed by atoms with Gasteiger partial charge in [-0.2, -0.15) is 4.98 Å². The van der Waals surface area contributed by atoms with Crippen molar-refractivity contribution in [1.82, 2.24) is 14.9 Å². The lowest BCUT2D eigenvalue weighted by molar-refractivity contribution is 0.0983. The maximum Gasteiger partial charge on any atom is 0.409 e. The molecule has 29 heavy (non-hydrogen) atoms. The van der Waals surface area contributed by atoms with E-state index in [1.165, 1.54) is 0 Å². The quantitative estimate of drug-likeness (QED) is 0.792. The van der Waals surface area contributed by atoms with E-state index in [0.717, 1.165) is 30.0 Å². The summed E-state index contributed by atoms with van der Waals surface area (Å²) in [5.74, 6) is 2.72. The first-order valence-electron chi connectivity index (χ1n) is 9.89. The van der Waals surface area contributed by atoms with E-state index in [2.05, 4.69) is 20.6 Å². The van der Waals surface area contributed by atoms with Gasteiger partial charge in [0, 0.05) is 37.1 Å². The number of hydrogen-bond donors (Lipinski definition) is 2. The number of likely N-dealkylation sites (tertiary alicyclic amines) is 1. The van der Waals surface area contributed by atoms with Gasteiger partial charge in [0.05, 0.1) is 6.61 Å². The van der Waals surface area contributed by atoms with Crippen molar-refractivity contribution in [3.05, 3.63) is 30.5 Å². The summed E-state index contributed by atoms with van der Waals surface area (Å²) in [5, 5.41) is 6.63. The van der Waals surface area contributed by atoms with Gasteiger partial charge in [-0.1, -0.05) is 0 Å². The Bertz CT molecular complexity index is 855. The number of aromatic nitrogens is 2. The van der Waals surface area contributed by atoms with Crippen LogP contribution >= 0.6 is 0 Å². The number of nitrogens with zero attached hydrogens (tertiary/aromatic N) is 3. The normalized spacial score (nSPS) is 16.2. The molecule has 1 amide bonds. The monoisotopic (exact) mass is 399 g/mol. The predicted octanol–water partition coefficient (Wildman–Crippen LogP) is 3.02. The Morgan fingerprint density at radius 2 is 2.00 bits per heavy atom. The van der Waals surface area contributed by atoms with Crippen molar-refractivity contribution in [2.24, 2.45) is 0 Å². The molecule has 0 bridgehead atoms. The fourth-order valence-electron chi connectivity index (χ4n) is 3.37. The summed E-state index contributed by atoms with van der Waals surface area (Å²) in [5.41, 5.74) is 0.863. The van der Waals surface area contributed by atoms with Gasteiger partial charge < -0.3 is 29.7 Å². The Hall–Kier alpha value is -3.23. The molecule has 154 valence electrons. The van der Waals surface area contributed by atoms with Crippen LogP contribution in [-0.2, 0) is 4.74 Å². The second-order valence-corrected chi connectivity index (χ2v) is 6.85. The molecule has 2 aliphatic rings. The molecule has 9 heteroatoms. The lowest BCUT2D eigenvalue weighted by atomic mass is 10.1. The lowest BCUT2D eigenvalue weighted by Crippen LogP contribution is -2.42. The number of anilines is 3. The topological polar surface area (TPSA) is 97.8 Å². The van der Waals surface area contributed by atoms with E-state index in [1.54, 1.807) is 11.1 Å². The van der Waals surface area contributed by atoms with Crippen LogP contribution in [0.3, 0.4) is 0 Å². The van der Waals surface area contributed by atoms with Crippen LogP contribution in [0.15, 0.2) is 30.5 Å². The molecule has 2 aliphatic heterocycles. The molecule has 9 nitrogen and oxygen atoms in total. The van der Waals surface area contributed by atoms with E-state index < -0.39 is 0 Å². The van der Waals surface area contributed by atoms with Crippen LogP contribution in [0.1, 0.15) is 19.8 Å². The Labute approximate surface area is 169 Å². The number of amides is 1. The van der Waals surface area contributed by atoms with Gasteiger partial charge in [0.2, 0.25) is 5.95 Å². The number of piperidine rings is 1. The molecule has 1 aromatic carbocycles. The first kappa shape index (κ1) is 19.1. The molecule has 1 saturated heterocycles. The largest absolute Gasteiger partial charge is 0.486 e. The first-order chi connectivity index (χ1) is 14.2. The van der Waals surface area contributed by atoms with Crippen LogP contribution in [0.5, 0.6) is 11.5 Å². The molecule has 3 heterocycles. The van der Waals surface area contributed by atoms with Crippen LogP contribution < -0.4 is 20.1 Å². The second-order valence-electron chi connectivity index (χ2n) is 6.85. The molecule has 2 aromatic rings. The van der Waals surface area contributed by atoms with Crippen LogP contribution in [0, 0.1) is 0 Å². The summed E-state index contributed by atoms with van der Waals surface area (Å²) in [6, 6.07) is 7.73. The Kier molecular flexibility index (Phi) is 5.83. The molecule has 0 aliphatic carbocycles. The first-order valence-corrected chi connectivity index (χ1v) is 9.89. The van der Waals surface area contributed by atoms with E-state index in [4.69, 9.17) is 14.2 Å². The molecule has 0 spiro atoms. The average molecular weight is 399 g/mol. The van der Waals surface area contributed by atoms with E-state index in [0.29, 0.717) is 44.7 Å². The molecular formula is C20H25N5O4. The number of carbonyl (C=O) groups excluding carboxylic acids is 1. The SMILES string of the molecule is CCOC(=O)N1CCC(Nc2nccc(Nc3ccc4c(c3)OCCO4)n2)CC1. The number of benzene rings is 1. The standard InChI is InChI=1S/C20H25N5O4/c1-2-27-20(26)25-9-6-14(7-10-25)23-19-21-8-5-18(24-19)22-15-3-4-16-17(13-15)29-12-11-28-16/h3-5,8,13-14H,2,6-7,9-12H2,1H3,(H2,21,22,23,24). The number of carbonyl (C=O) groups is 1. The van der Waals surface area contributed by atoms with Gasteiger partial charge in [-0.25, -0.2) is 9.78 Å². The van der Waals surface area contributed by atoms with Gasteiger partial charge in [0.15, 0.2) is 11.5 Å². The summed E-state index contributed by atoms with van der Waals surface area (Å²) in [6.07, 6.45) is 3.11. The van der Waals surface area contributed by atoms with Crippen LogP contribution in [0.25, 0.3) is 0 Å².